The molecule has 0 aliphatic heterocycles. The number of hydrogen-bond acceptors (Lipinski definition) is 3. The Hall–Kier alpha value is -2.01. The highest BCUT2D eigenvalue weighted by atomic mass is 35.5. The van der Waals surface area contributed by atoms with Gasteiger partial charge in [0.25, 0.3) is 0 Å². The fourth-order valence-corrected chi connectivity index (χ4v) is 1.97. The second-order valence-electron chi connectivity index (χ2n) is 3.74. The fraction of sp³-hybridized carbons (Fsp3) is 0.167. The van der Waals surface area contributed by atoms with Crippen LogP contribution in [0, 0.1) is 6.92 Å². The van der Waals surface area contributed by atoms with Crippen LogP contribution >= 0.6 is 11.6 Å². The minimum atomic E-state index is -1.06. The lowest BCUT2D eigenvalue weighted by molar-refractivity contribution is 0.0690. The lowest BCUT2D eigenvalue weighted by Gasteiger charge is -2.10. The van der Waals surface area contributed by atoms with E-state index < -0.39 is 5.97 Å². The largest absolute Gasteiger partial charge is 0.494 e. The van der Waals surface area contributed by atoms with E-state index in [4.69, 9.17) is 21.4 Å². The van der Waals surface area contributed by atoms with E-state index in [1.54, 1.807) is 6.07 Å². The molecule has 0 spiro atoms. The van der Waals surface area contributed by atoms with Crippen molar-refractivity contribution in [3.8, 4) is 17.0 Å². The van der Waals surface area contributed by atoms with Crippen molar-refractivity contribution in [3.63, 3.8) is 0 Å². The number of hydrogen-bond donors (Lipinski definition) is 2. The molecule has 0 atom stereocenters. The van der Waals surface area contributed by atoms with Gasteiger partial charge in [-0.05, 0) is 24.6 Å². The first-order valence-electron chi connectivity index (χ1n) is 5.16. The monoisotopic (exact) mass is 266 g/mol. The maximum absolute atomic E-state index is 10.8. The molecule has 5 nitrogen and oxygen atoms in total. The van der Waals surface area contributed by atoms with Crippen molar-refractivity contribution in [2.45, 2.75) is 6.92 Å². The fourth-order valence-electron chi connectivity index (χ4n) is 1.73. The van der Waals surface area contributed by atoms with Crippen molar-refractivity contribution in [3.05, 3.63) is 34.5 Å². The van der Waals surface area contributed by atoms with E-state index in [1.165, 1.54) is 13.2 Å². The third-order valence-electron chi connectivity index (χ3n) is 2.59. The van der Waals surface area contributed by atoms with Gasteiger partial charge in [0, 0.05) is 5.56 Å². The topological polar surface area (TPSA) is 75.2 Å². The first-order chi connectivity index (χ1) is 8.54. The molecule has 94 valence electrons. The van der Waals surface area contributed by atoms with Gasteiger partial charge < -0.3 is 9.84 Å². The van der Waals surface area contributed by atoms with Crippen molar-refractivity contribution in [2.75, 3.05) is 7.11 Å². The van der Waals surface area contributed by atoms with Crippen molar-refractivity contribution >= 4 is 17.6 Å². The van der Waals surface area contributed by atoms with E-state index in [9.17, 15) is 4.79 Å². The summed E-state index contributed by atoms with van der Waals surface area (Å²) < 4.78 is 5.25. The van der Waals surface area contributed by atoms with Crippen LogP contribution in [-0.4, -0.2) is 28.4 Å². The molecule has 2 rings (SSSR count). The molecule has 2 aromatic rings. The Bertz CT molecular complexity index is 607. The SMILES string of the molecule is COc1c(Cl)ccc(C)c1-c1cc(C(=O)O)[nH]n1. The number of methoxy groups -OCH3 is 1. The quantitative estimate of drug-likeness (QED) is 0.896. The number of rotatable bonds is 3. The highest BCUT2D eigenvalue weighted by Crippen LogP contribution is 2.37. The number of aromatic carboxylic acids is 1. The maximum atomic E-state index is 10.8. The summed E-state index contributed by atoms with van der Waals surface area (Å²) in [5.41, 5.74) is 2.10. The standard InChI is InChI=1S/C12H11ClN2O3/c1-6-3-4-7(13)11(18-2)10(6)8-5-9(12(16)17)15-14-8/h3-5H,1-2H3,(H,14,15)(H,16,17). The van der Waals surface area contributed by atoms with E-state index in [-0.39, 0.29) is 5.69 Å². The highest BCUT2D eigenvalue weighted by molar-refractivity contribution is 6.32. The number of benzene rings is 1. The molecule has 0 bridgehead atoms. The average molecular weight is 267 g/mol. The molecule has 0 aliphatic carbocycles. The summed E-state index contributed by atoms with van der Waals surface area (Å²) in [6, 6.07) is 5.00. The molecule has 0 saturated heterocycles. The molecule has 0 unspecified atom stereocenters. The molecule has 0 aliphatic rings. The van der Waals surface area contributed by atoms with E-state index in [2.05, 4.69) is 10.2 Å². The van der Waals surface area contributed by atoms with Gasteiger partial charge in [-0.25, -0.2) is 4.79 Å². The van der Waals surface area contributed by atoms with Crippen LogP contribution in [0.15, 0.2) is 18.2 Å². The van der Waals surface area contributed by atoms with Crippen molar-refractivity contribution < 1.29 is 14.6 Å². The molecule has 1 aromatic heterocycles. The number of carboxylic acid groups (broad SMARTS) is 1. The summed E-state index contributed by atoms with van der Waals surface area (Å²) in [6.45, 7) is 1.88. The van der Waals surface area contributed by atoms with Gasteiger partial charge >= 0.3 is 5.97 Å². The number of aromatic amines is 1. The van der Waals surface area contributed by atoms with Crippen LogP contribution < -0.4 is 4.74 Å². The van der Waals surface area contributed by atoms with Gasteiger partial charge in [-0.1, -0.05) is 17.7 Å². The first kappa shape index (κ1) is 12.4. The average Bonchev–Trinajstić information content (AvgIpc) is 2.81. The predicted molar refractivity (Wildman–Crippen MR) is 67.3 cm³/mol. The third kappa shape index (κ3) is 2.04. The zero-order valence-electron chi connectivity index (χ0n) is 9.82. The van der Waals surface area contributed by atoms with Crippen LogP contribution in [0.4, 0.5) is 0 Å². The van der Waals surface area contributed by atoms with E-state index >= 15 is 0 Å². The van der Waals surface area contributed by atoms with Crippen LogP contribution in [0.1, 0.15) is 16.1 Å². The normalized spacial score (nSPS) is 10.4. The zero-order chi connectivity index (χ0) is 13.3. The number of halogens is 1. The second kappa shape index (κ2) is 4.70. The third-order valence-corrected chi connectivity index (χ3v) is 2.88. The molecule has 1 aromatic carbocycles. The number of carbonyl (C=O) groups is 1. The Morgan fingerprint density at radius 2 is 2.22 bits per heavy atom. The minimum absolute atomic E-state index is 0.0198. The lowest BCUT2D eigenvalue weighted by Crippen LogP contribution is -1.95. The molecular weight excluding hydrogens is 256 g/mol. The summed E-state index contributed by atoms with van der Waals surface area (Å²) in [4.78, 5) is 10.8. The second-order valence-corrected chi connectivity index (χ2v) is 4.15. The van der Waals surface area contributed by atoms with Crippen LogP contribution in [0.25, 0.3) is 11.3 Å². The van der Waals surface area contributed by atoms with Crippen LogP contribution in [0.5, 0.6) is 5.75 Å². The Labute approximate surface area is 108 Å². The first-order valence-corrected chi connectivity index (χ1v) is 5.54. The summed E-state index contributed by atoms with van der Waals surface area (Å²) >= 11 is 6.04. The van der Waals surface area contributed by atoms with Crippen LogP contribution in [0.3, 0.4) is 0 Å². The predicted octanol–water partition coefficient (Wildman–Crippen LogP) is 2.75. The van der Waals surface area contributed by atoms with Crippen molar-refractivity contribution in [2.24, 2.45) is 0 Å². The molecule has 18 heavy (non-hydrogen) atoms. The number of H-pyrrole nitrogens is 1. The Morgan fingerprint density at radius 1 is 1.50 bits per heavy atom. The molecule has 0 radical (unpaired) electrons. The van der Waals surface area contributed by atoms with E-state index in [0.29, 0.717) is 22.0 Å². The van der Waals surface area contributed by atoms with Gasteiger partial charge in [-0.15, -0.1) is 0 Å². The van der Waals surface area contributed by atoms with Gasteiger partial charge in [-0.2, -0.15) is 5.10 Å². The summed E-state index contributed by atoms with van der Waals surface area (Å²) in [5, 5.41) is 15.8. The molecule has 6 heteroatoms. The molecule has 0 fully saturated rings. The summed E-state index contributed by atoms with van der Waals surface area (Å²) in [6.07, 6.45) is 0. The number of nitrogens with one attached hydrogen (secondary N) is 1. The van der Waals surface area contributed by atoms with Gasteiger partial charge in [0.1, 0.15) is 11.4 Å². The number of carboxylic acids is 1. The number of ether oxygens (including phenoxy) is 1. The summed E-state index contributed by atoms with van der Waals surface area (Å²) in [5.74, 6) is -0.576. The van der Waals surface area contributed by atoms with Crippen LogP contribution in [-0.2, 0) is 0 Å². The number of nitrogens with zero attached hydrogens (tertiary/aromatic N) is 1. The lowest BCUT2D eigenvalue weighted by atomic mass is 10.0. The van der Waals surface area contributed by atoms with Gasteiger partial charge in [0.15, 0.2) is 0 Å². The van der Waals surface area contributed by atoms with E-state index in [0.717, 1.165) is 5.56 Å². The number of aryl methyl sites for hydroxylation is 1. The minimum Gasteiger partial charge on any atom is -0.494 e. The van der Waals surface area contributed by atoms with Crippen molar-refractivity contribution in [1.82, 2.24) is 10.2 Å². The summed E-state index contributed by atoms with van der Waals surface area (Å²) in [7, 11) is 1.51. The molecular formula is C12H11ClN2O3. The van der Waals surface area contributed by atoms with Gasteiger partial charge in [0.2, 0.25) is 0 Å². The molecule has 2 N–H and O–H groups in total. The molecule has 0 saturated carbocycles. The van der Waals surface area contributed by atoms with Crippen LogP contribution in [0.2, 0.25) is 5.02 Å². The molecule has 0 amide bonds. The van der Waals surface area contributed by atoms with E-state index in [1.807, 2.05) is 13.0 Å². The Balaban J connectivity index is 2.62. The van der Waals surface area contributed by atoms with Crippen molar-refractivity contribution in [1.29, 1.82) is 0 Å². The zero-order valence-corrected chi connectivity index (χ0v) is 10.6. The van der Waals surface area contributed by atoms with Gasteiger partial charge in [0.05, 0.1) is 17.8 Å². The molecule has 1 heterocycles. The Kier molecular flexibility index (Phi) is 3.25. The Morgan fingerprint density at radius 3 is 2.78 bits per heavy atom. The smallest absolute Gasteiger partial charge is 0.353 e. The van der Waals surface area contributed by atoms with Gasteiger partial charge in [-0.3, -0.25) is 5.10 Å². The maximum Gasteiger partial charge on any atom is 0.353 e. The number of aromatic nitrogens is 2. The highest BCUT2D eigenvalue weighted by Gasteiger charge is 2.17.